The van der Waals surface area contributed by atoms with Gasteiger partial charge >= 0.3 is 0 Å². The van der Waals surface area contributed by atoms with Crippen molar-refractivity contribution in [2.24, 2.45) is 11.8 Å². The topological polar surface area (TPSA) is 104 Å². The molecule has 0 aliphatic heterocycles. The molecule has 3 rings (SSSR count). The van der Waals surface area contributed by atoms with Crippen LogP contribution in [-0.4, -0.2) is 27.8 Å². The molecule has 0 amide bonds. The molecule has 0 atom stereocenters. The molecule has 124 valence electrons. The zero-order valence-electron chi connectivity index (χ0n) is 13.3. The van der Waals surface area contributed by atoms with Crippen molar-refractivity contribution in [3.05, 3.63) is 35.5 Å². The highest BCUT2D eigenvalue weighted by Gasteiger charge is 2.37. The van der Waals surface area contributed by atoms with Crippen molar-refractivity contribution in [1.29, 1.82) is 10.8 Å². The van der Waals surface area contributed by atoms with E-state index in [-0.39, 0.29) is 46.9 Å². The Bertz CT molecular complexity index is 814. The highest BCUT2D eigenvalue weighted by Crippen LogP contribution is 2.30. The number of Topliss-reactive ketones (excluding diaryl/α,β-unsaturated/α-hetero) is 3. The zero-order valence-corrected chi connectivity index (χ0v) is 13.3. The summed E-state index contributed by atoms with van der Waals surface area (Å²) < 4.78 is 1.43. The van der Waals surface area contributed by atoms with Crippen molar-refractivity contribution >= 4 is 29.3 Å². The lowest BCUT2D eigenvalue weighted by molar-refractivity contribution is -0.133. The fraction of sp³-hybridized carbons (Fsp3) is 0.389. The molecule has 1 aromatic heterocycles. The number of hydrogen-bond donors (Lipinski definition) is 2. The summed E-state index contributed by atoms with van der Waals surface area (Å²) in [5.74, 6) is -2.03. The molecule has 0 spiro atoms. The van der Waals surface area contributed by atoms with Crippen molar-refractivity contribution in [2.45, 2.75) is 32.1 Å². The summed E-state index contributed by atoms with van der Waals surface area (Å²) in [5.41, 5.74) is 0.408. The standard InChI is InChI=1S/C18H19N3O3/c1-2-11-12(16(24)15-13(22)4-3-5-14(15)23)8-9-21(18(11)20)17(19)10-6-7-10/h2,8-10,15,19-20H,1,3-7H2. The van der Waals surface area contributed by atoms with Crippen molar-refractivity contribution in [3.63, 3.8) is 0 Å². The Morgan fingerprint density at radius 2 is 1.88 bits per heavy atom. The third kappa shape index (κ3) is 2.68. The van der Waals surface area contributed by atoms with E-state index in [1.807, 2.05) is 0 Å². The monoisotopic (exact) mass is 325 g/mol. The SMILES string of the molecule is C=Cc1c(C(=O)C2C(=O)CCCC2=O)ccn(C(=N)C2CC2)c1=N. The lowest BCUT2D eigenvalue weighted by Crippen LogP contribution is -2.37. The average molecular weight is 325 g/mol. The Kier molecular flexibility index (Phi) is 4.13. The Balaban J connectivity index is 2.03. The number of nitrogens with zero attached hydrogens (tertiary/aromatic N) is 1. The van der Waals surface area contributed by atoms with Gasteiger partial charge in [-0.1, -0.05) is 12.7 Å². The number of hydrogen-bond acceptors (Lipinski definition) is 5. The first kappa shape index (κ1) is 16.2. The summed E-state index contributed by atoms with van der Waals surface area (Å²) in [6.07, 6.45) is 5.70. The summed E-state index contributed by atoms with van der Waals surface area (Å²) in [4.78, 5) is 36.8. The van der Waals surface area contributed by atoms with Gasteiger partial charge in [0, 0.05) is 36.1 Å². The summed E-state index contributed by atoms with van der Waals surface area (Å²) in [6.45, 7) is 3.65. The number of rotatable bonds is 4. The molecule has 2 aliphatic carbocycles. The van der Waals surface area contributed by atoms with Crippen LogP contribution in [0.1, 0.15) is 48.0 Å². The number of nitrogens with one attached hydrogen (secondary N) is 2. The quantitative estimate of drug-likeness (QED) is 0.383. The molecule has 0 aromatic carbocycles. The van der Waals surface area contributed by atoms with Crippen LogP contribution in [0.25, 0.3) is 6.08 Å². The first-order chi connectivity index (χ1) is 11.5. The number of pyridine rings is 1. The molecular weight excluding hydrogens is 306 g/mol. The molecule has 1 heterocycles. The summed E-state index contributed by atoms with van der Waals surface area (Å²) in [6, 6.07) is 1.49. The second-order valence-electron chi connectivity index (χ2n) is 6.31. The van der Waals surface area contributed by atoms with Crippen LogP contribution in [0.3, 0.4) is 0 Å². The molecule has 0 saturated heterocycles. The van der Waals surface area contributed by atoms with E-state index in [1.165, 1.54) is 22.9 Å². The summed E-state index contributed by atoms with van der Waals surface area (Å²) >= 11 is 0. The van der Waals surface area contributed by atoms with Crippen LogP contribution in [0.2, 0.25) is 0 Å². The van der Waals surface area contributed by atoms with Gasteiger partial charge in [0.15, 0.2) is 17.3 Å². The number of ketones is 3. The highest BCUT2D eigenvalue weighted by molar-refractivity contribution is 6.25. The number of carbonyl (C=O) groups excluding carboxylic acids is 3. The second kappa shape index (κ2) is 6.11. The fourth-order valence-electron chi connectivity index (χ4n) is 3.10. The molecule has 6 nitrogen and oxygen atoms in total. The lowest BCUT2D eigenvalue weighted by Gasteiger charge is -2.20. The smallest absolute Gasteiger partial charge is 0.181 e. The Labute approximate surface area is 139 Å². The third-order valence-corrected chi connectivity index (χ3v) is 4.62. The van der Waals surface area contributed by atoms with Crippen LogP contribution < -0.4 is 5.49 Å². The maximum atomic E-state index is 12.7. The maximum Gasteiger partial charge on any atom is 0.181 e. The Morgan fingerprint density at radius 3 is 2.42 bits per heavy atom. The summed E-state index contributed by atoms with van der Waals surface area (Å²) in [5, 5.41) is 16.4. The highest BCUT2D eigenvalue weighted by atomic mass is 16.2. The molecule has 2 fully saturated rings. The van der Waals surface area contributed by atoms with E-state index in [0.717, 1.165) is 12.8 Å². The van der Waals surface area contributed by atoms with Gasteiger partial charge in [0.25, 0.3) is 0 Å². The van der Waals surface area contributed by atoms with E-state index in [4.69, 9.17) is 10.8 Å². The normalized spacial score (nSPS) is 18.5. The largest absolute Gasteiger partial charge is 0.298 e. The van der Waals surface area contributed by atoms with E-state index in [1.54, 1.807) is 0 Å². The van der Waals surface area contributed by atoms with Gasteiger partial charge in [-0.25, -0.2) is 0 Å². The van der Waals surface area contributed by atoms with Gasteiger partial charge in [0.05, 0.1) is 0 Å². The van der Waals surface area contributed by atoms with E-state index >= 15 is 0 Å². The minimum atomic E-state index is -1.25. The predicted molar refractivity (Wildman–Crippen MR) is 87.9 cm³/mol. The number of carbonyl (C=O) groups is 3. The third-order valence-electron chi connectivity index (χ3n) is 4.62. The molecule has 1 aromatic rings. The zero-order chi connectivity index (χ0) is 17.4. The van der Waals surface area contributed by atoms with Gasteiger partial charge in [-0.3, -0.25) is 29.8 Å². The molecule has 24 heavy (non-hydrogen) atoms. The second-order valence-corrected chi connectivity index (χ2v) is 6.31. The van der Waals surface area contributed by atoms with Crippen molar-refractivity contribution in [2.75, 3.05) is 0 Å². The van der Waals surface area contributed by atoms with Crippen LogP contribution in [-0.2, 0) is 9.59 Å². The van der Waals surface area contributed by atoms with E-state index in [9.17, 15) is 14.4 Å². The molecule has 0 radical (unpaired) electrons. The van der Waals surface area contributed by atoms with Crippen LogP contribution in [0.5, 0.6) is 0 Å². The van der Waals surface area contributed by atoms with E-state index in [0.29, 0.717) is 12.3 Å². The van der Waals surface area contributed by atoms with Crippen molar-refractivity contribution < 1.29 is 14.4 Å². The van der Waals surface area contributed by atoms with Gasteiger partial charge < -0.3 is 0 Å². The van der Waals surface area contributed by atoms with Gasteiger partial charge in [-0.15, -0.1) is 0 Å². The first-order valence-corrected chi connectivity index (χ1v) is 8.07. The first-order valence-electron chi connectivity index (χ1n) is 8.07. The van der Waals surface area contributed by atoms with Crippen molar-refractivity contribution in [3.8, 4) is 0 Å². The molecule has 2 N–H and O–H groups in total. The summed E-state index contributed by atoms with van der Waals surface area (Å²) in [7, 11) is 0. The molecule has 0 bridgehead atoms. The van der Waals surface area contributed by atoms with E-state index < -0.39 is 11.7 Å². The lowest BCUT2D eigenvalue weighted by atomic mass is 9.81. The average Bonchev–Trinajstić information content (AvgIpc) is 3.38. The minimum absolute atomic E-state index is 0.0107. The Hall–Kier alpha value is -2.63. The van der Waals surface area contributed by atoms with E-state index in [2.05, 4.69) is 6.58 Å². The van der Waals surface area contributed by atoms with Gasteiger partial charge in [-0.2, -0.15) is 0 Å². The van der Waals surface area contributed by atoms with Crippen LogP contribution in [0, 0.1) is 22.7 Å². The molecule has 6 heteroatoms. The molecular formula is C18H19N3O3. The molecule has 2 aliphatic rings. The maximum absolute atomic E-state index is 12.7. The van der Waals surface area contributed by atoms with Gasteiger partial charge in [-0.05, 0) is 25.3 Å². The fourth-order valence-corrected chi connectivity index (χ4v) is 3.10. The van der Waals surface area contributed by atoms with Crippen LogP contribution in [0.15, 0.2) is 18.8 Å². The van der Waals surface area contributed by atoms with Crippen LogP contribution in [0.4, 0.5) is 0 Å². The van der Waals surface area contributed by atoms with Gasteiger partial charge in [0.1, 0.15) is 17.2 Å². The predicted octanol–water partition coefficient (Wildman–Crippen LogP) is 1.97. The van der Waals surface area contributed by atoms with Crippen LogP contribution >= 0.6 is 0 Å². The molecule has 2 saturated carbocycles. The van der Waals surface area contributed by atoms with Crippen molar-refractivity contribution in [1.82, 2.24) is 4.57 Å². The minimum Gasteiger partial charge on any atom is -0.298 e. The van der Waals surface area contributed by atoms with Gasteiger partial charge in [0.2, 0.25) is 0 Å². The Morgan fingerprint density at radius 1 is 1.25 bits per heavy atom. The molecule has 0 unspecified atom stereocenters. The number of aromatic nitrogens is 1.